The van der Waals surface area contributed by atoms with Crippen LogP contribution in [0, 0.1) is 17.8 Å². The molecule has 0 aromatic heterocycles. The zero-order chi connectivity index (χ0) is 25.7. The molecule has 6 atom stereocenters. The summed E-state index contributed by atoms with van der Waals surface area (Å²) in [5.41, 5.74) is 11.5. The average molecular weight is 472 g/mol. The Morgan fingerprint density at radius 3 is 1.55 bits per heavy atom. The molecule has 0 fully saturated rings. The first-order valence-electron chi connectivity index (χ1n) is 12.0. The van der Waals surface area contributed by atoms with Crippen molar-refractivity contribution in [2.75, 3.05) is 6.54 Å². The Bertz CT molecular complexity index is 643. The topological polar surface area (TPSA) is 177 Å². The summed E-state index contributed by atoms with van der Waals surface area (Å²) in [6, 6.07) is -3.64. The maximum atomic E-state index is 13.2. The lowest BCUT2D eigenvalue weighted by Crippen LogP contribution is -2.60. The van der Waals surface area contributed by atoms with E-state index in [1.165, 1.54) is 0 Å². The highest BCUT2D eigenvalue weighted by molar-refractivity contribution is 5.94. The number of nitrogens with two attached hydrogens (primary N) is 2. The smallest absolute Gasteiger partial charge is 0.326 e. The number of carbonyl (C=O) groups is 4. The van der Waals surface area contributed by atoms with Crippen LogP contribution in [0.15, 0.2) is 0 Å². The molecule has 0 heterocycles. The number of hydrogen-bond donors (Lipinski definition) is 6. The van der Waals surface area contributed by atoms with Crippen LogP contribution in [-0.4, -0.2) is 59.5 Å². The minimum atomic E-state index is -1.14. The number of carbonyl (C=O) groups excluding carboxylic acids is 3. The lowest BCUT2D eigenvalue weighted by Gasteiger charge is -2.30. The van der Waals surface area contributed by atoms with Crippen LogP contribution in [0.5, 0.6) is 0 Å². The van der Waals surface area contributed by atoms with Crippen molar-refractivity contribution in [2.45, 2.75) is 97.8 Å². The summed E-state index contributed by atoms with van der Waals surface area (Å²) in [4.78, 5) is 50.2. The van der Waals surface area contributed by atoms with E-state index in [2.05, 4.69) is 16.0 Å². The summed E-state index contributed by atoms with van der Waals surface area (Å²) in [6.07, 6.45) is 3.14. The van der Waals surface area contributed by atoms with Crippen molar-refractivity contribution < 1.29 is 24.3 Å². The highest BCUT2D eigenvalue weighted by Crippen LogP contribution is 2.14. The summed E-state index contributed by atoms with van der Waals surface area (Å²) in [5.74, 6) is -3.40. The molecule has 0 aliphatic heterocycles. The van der Waals surface area contributed by atoms with Gasteiger partial charge in [-0.05, 0) is 37.1 Å². The van der Waals surface area contributed by atoms with Crippen molar-refractivity contribution in [3.63, 3.8) is 0 Å². The van der Waals surface area contributed by atoms with Gasteiger partial charge in [-0.15, -0.1) is 0 Å². The second-order valence-electron chi connectivity index (χ2n) is 9.20. The molecular formula is C23H45N5O5. The van der Waals surface area contributed by atoms with Gasteiger partial charge >= 0.3 is 5.97 Å². The van der Waals surface area contributed by atoms with Crippen LogP contribution >= 0.6 is 0 Å². The Hall–Kier alpha value is -2.20. The molecule has 0 aromatic rings. The van der Waals surface area contributed by atoms with E-state index in [4.69, 9.17) is 11.5 Å². The van der Waals surface area contributed by atoms with Crippen LogP contribution in [0.4, 0.5) is 0 Å². The fraction of sp³-hybridized carbons (Fsp3) is 0.826. The molecule has 10 nitrogen and oxygen atoms in total. The molecule has 8 N–H and O–H groups in total. The monoisotopic (exact) mass is 471 g/mol. The van der Waals surface area contributed by atoms with Gasteiger partial charge in [0.25, 0.3) is 0 Å². The Balaban J connectivity index is 5.51. The molecule has 0 rings (SSSR count). The minimum absolute atomic E-state index is 0.201. The van der Waals surface area contributed by atoms with Gasteiger partial charge in [-0.1, -0.05) is 60.8 Å². The summed E-state index contributed by atoms with van der Waals surface area (Å²) in [5, 5.41) is 17.4. The molecule has 0 bridgehead atoms. The summed E-state index contributed by atoms with van der Waals surface area (Å²) in [6.45, 7) is 11.3. The van der Waals surface area contributed by atoms with Crippen molar-refractivity contribution >= 4 is 23.7 Å². The number of aliphatic carboxylic acids is 1. The van der Waals surface area contributed by atoms with Gasteiger partial charge in [0.2, 0.25) is 17.7 Å². The second-order valence-corrected chi connectivity index (χ2v) is 9.20. The van der Waals surface area contributed by atoms with E-state index in [-0.39, 0.29) is 17.8 Å². The highest BCUT2D eigenvalue weighted by Gasteiger charge is 2.34. The summed E-state index contributed by atoms with van der Waals surface area (Å²) >= 11 is 0. The third kappa shape index (κ3) is 10.5. The van der Waals surface area contributed by atoms with Gasteiger partial charge < -0.3 is 32.5 Å². The van der Waals surface area contributed by atoms with Crippen molar-refractivity contribution in [3.8, 4) is 0 Å². The van der Waals surface area contributed by atoms with Gasteiger partial charge in [-0.2, -0.15) is 0 Å². The fourth-order valence-electron chi connectivity index (χ4n) is 3.30. The number of nitrogens with one attached hydrogen (secondary N) is 3. The summed E-state index contributed by atoms with van der Waals surface area (Å²) in [7, 11) is 0. The number of carboxylic acids is 1. The maximum absolute atomic E-state index is 13.2. The maximum Gasteiger partial charge on any atom is 0.326 e. The molecule has 0 saturated carbocycles. The van der Waals surface area contributed by atoms with Crippen LogP contribution in [0.3, 0.4) is 0 Å². The number of hydrogen-bond acceptors (Lipinski definition) is 6. The number of rotatable bonds is 16. The van der Waals surface area contributed by atoms with Gasteiger partial charge in [-0.3, -0.25) is 14.4 Å². The number of carboxylic acid groups (broad SMARTS) is 1. The average Bonchev–Trinajstić information content (AvgIpc) is 2.77. The van der Waals surface area contributed by atoms with Crippen LogP contribution in [-0.2, 0) is 19.2 Å². The Kier molecular flexibility index (Phi) is 14.6. The van der Waals surface area contributed by atoms with E-state index >= 15 is 0 Å². The summed E-state index contributed by atoms with van der Waals surface area (Å²) < 4.78 is 0. The highest BCUT2D eigenvalue weighted by atomic mass is 16.4. The molecule has 0 radical (unpaired) electrons. The largest absolute Gasteiger partial charge is 0.480 e. The Morgan fingerprint density at radius 2 is 1.18 bits per heavy atom. The molecule has 6 unspecified atom stereocenters. The zero-order valence-corrected chi connectivity index (χ0v) is 21.0. The number of unbranched alkanes of at least 4 members (excludes halogenated alkanes) is 1. The molecule has 33 heavy (non-hydrogen) atoms. The van der Waals surface area contributed by atoms with Crippen molar-refractivity contribution in [3.05, 3.63) is 0 Å². The zero-order valence-electron chi connectivity index (χ0n) is 21.0. The Labute approximate surface area is 198 Å². The van der Waals surface area contributed by atoms with Crippen molar-refractivity contribution in [1.29, 1.82) is 0 Å². The molecule has 10 heteroatoms. The van der Waals surface area contributed by atoms with Gasteiger partial charge in [0.15, 0.2) is 0 Å². The van der Waals surface area contributed by atoms with Crippen molar-refractivity contribution in [2.24, 2.45) is 29.2 Å². The molecule has 192 valence electrons. The van der Waals surface area contributed by atoms with E-state index in [0.717, 1.165) is 6.42 Å². The van der Waals surface area contributed by atoms with E-state index in [1.54, 1.807) is 20.8 Å². The SMILES string of the molecule is CCC(C)C(NC(=O)C(N)CCCCN)C(=O)NC(C(=O)NC(C(=O)O)C(C)C)C(C)CC. The fourth-order valence-corrected chi connectivity index (χ4v) is 3.30. The van der Waals surface area contributed by atoms with Crippen LogP contribution in [0.1, 0.15) is 73.6 Å². The number of amides is 3. The normalized spacial score (nSPS) is 16.8. The predicted octanol–water partition coefficient (Wildman–Crippen LogP) is 0.730. The van der Waals surface area contributed by atoms with E-state index < -0.39 is 47.9 Å². The van der Waals surface area contributed by atoms with Gasteiger partial charge in [0.05, 0.1) is 6.04 Å². The van der Waals surface area contributed by atoms with Crippen LogP contribution in [0.2, 0.25) is 0 Å². The van der Waals surface area contributed by atoms with Crippen molar-refractivity contribution in [1.82, 2.24) is 16.0 Å². The quantitative estimate of drug-likeness (QED) is 0.180. The molecule has 0 spiro atoms. The second kappa shape index (κ2) is 15.6. The lowest BCUT2D eigenvalue weighted by atomic mass is 9.94. The molecule has 0 aromatic carbocycles. The van der Waals surface area contributed by atoms with E-state index in [1.807, 2.05) is 20.8 Å². The van der Waals surface area contributed by atoms with Gasteiger partial charge in [-0.25, -0.2) is 4.79 Å². The molecule has 0 saturated heterocycles. The molecule has 3 amide bonds. The predicted molar refractivity (Wildman–Crippen MR) is 128 cm³/mol. The lowest BCUT2D eigenvalue weighted by molar-refractivity contribution is -0.144. The first-order chi connectivity index (χ1) is 15.4. The molecule has 0 aliphatic rings. The van der Waals surface area contributed by atoms with Crippen LogP contribution < -0.4 is 27.4 Å². The third-order valence-electron chi connectivity index (χ3n) is 6.12. The molecule has 0 aliphatic carbocycles. The van der Waals surface area contributed by atoms with E-state index in [0.29, 0.717) is 32.2 Å². The minimum Gasteiger partial charge on any atom is -0.480 e. The Morgan fingerprint density at radius 1 is 0.758 bits per heavy atom. The van der Waals surface area contributed by atoms with Gasteiger partial charge in [0, 0.05) is 0 Å². The first kappa shape index (κ1) is 30.8. The van der Waals surface area contributed by atoms with E-state index in [9.17, 15) is 24.3 Å². The third-order valence-corrected chi connectivity index (χ3v) is 6.12. The molecular weight excluding hydrogens is 426 g/mol. The van der Waals surface area contributed by atoms with Gasteiger partial charge in [0.1, 0.15) is 18.1 Å². The first-order valence-corrected chi connectivity index (χ1v) is 12.0. The van der Waals surface area contributed by atoms with Crippen LogP contribution in [0.25, 0.3) is 0 Å². The standard InChI is InChI=1S/C23H45N5O5/c1-7-14(5)18(27-20(29)16(25)11-9-10-12-24)22(31)28-19(15(6)8-2)21(30)26-17(13(3)4)23(32)33/h13-19H,7-12,24-25H2,1-6H3,(H,26,30)(H,27,29)(H,28,31)(H,32,33).